The number of rotatable bonds is 4. The van der Waals surface area contributed by atoms with Gasteiger partial charge in [-0.15, -0.1) is 0 Å². The van der Waals surface area contributed by atoms with Gasteiger partial charge in [0.15, 0.2) is 0 Å². The van der Waals surface area contributed by atoms with E-state index in [-0.39, 0.29) is 0 Å². The molecule has 88 valence electrons. The van der Waals surface area contributed by atoms with Crippen LogP contribution >= 0.6 is 0 Å². The van der Waals surface area contributed by atoms with Gasteiger partial charge in [0.1, 0.15) is 5.82 Å². The molecule has 0 spiro atoms. The van der Waals surface area contributed by atoms with Crippen LogP contribution in [0.4, 0.5) is 0 Å². The Morgan fingerprint density at radius 2 is 2.00 bits per heavy atom. The lowest BCUT2D eigenvalue weighted by atomic mass is 9.83. The molecule has 2 rings (SSSR count). The van der Waals surface area contributed by atoms with Gasteiger partial charge >= 0.3 is 0 Å². The van der Waals surface area contributed by atoms with Gasteiger partial charge in [0, 0.05) is 18.4 Å². The van der Waals surface area contributed by atoms with E-state index in [0.29, 0.717) is 6.04 Å². The maximum absolute atomic E-state index is 4.24. The molecule has 1 aromatic rings. The van der Waals surface area contributed by atoms with Gasteiger partial charge in [0.25, 0.3) is 0 Å². The van der Waals surface area contributed by atoms with Crippen molar-refractivity contribution in [2.24, 2.45) is 5.92 Å². The second kappa shape index (κ2) is 5.94. The molecule has 1 saturated carbocycles. The Morgan fingerprint density at radius 3 is 2.75 bits per heavy atom. The summed E-state index contributed by atoms with van der Waals surface area (Å²) in [5.74, 6) is 1.75. The van der Waals surface area contributed by atoms with E-state index in [1.54, 1.807) is 0 Å². The number of aromatic nitrogens is 2. The van der Waals surface area contributed by atoms with Crippen LogP contribution in [0, 0.1) is 5.92 Å². The number of nitrogens with zero attached hydrogens (tertiary/aromatic N) is 2. The van der Waals surface area contributed by atoms with E-state index in [4.69, 9.17) is 0 Å². The smallest absolute Gasteiger partial charge is 0.141 e. The average Bonchev–Trinajstić information content (AvgIpc) is 2.38. The highest BCUT2D eigenvalue weighted by atomic mass is 15.0. The largest absolute Gasteiger partial charge is 0.307 e. The second-order valence-corrected chi connectivity index (χ2v) is 4.61. The van der Waals surface area contributed by atoms with Crippen molar-refractivity contribution < 1.29 is 0 Å². The molecule has 1 aliphatic rings. The molecule has 0 aliphatic heterocycles. The van der Waals surface area contributed by atoms with Gasteiger partial charge in [-0.3, -0.25) is 0 Å². The molecule has 0 saturated heterocycles. The third kappa shape index (κ3) is 3.01. The molecule has 2 atom stereocenters. The first kappa shape index (κ1) is 11.5. The highest BCUT2D eigenvalue weighted by Gasteiger charge is 2.22. The molecular formula is C13H21N3. The summed E-state index contributed by atoms with van der Waals surface area (Å²) in [4.78, 5) is 8.48. The minimum absolute atomic E-state index is 0.669. The molecule has 1 N–H and O–H groups in total. The number of nitrogens with one attached hydrogen (secondary N) is 1. The minimum atomic E-state index is 0.669. The highest BCUT2D eigenvalue weighted by molar-refractivity contribution is 4.89. The Balaban J connectivity index is 1.84. The summed E-state index contributed by atoms with van der Waals surface area (Å²) in [6.45, 7) is 3.10. The predicted molar refractivity (Wildman–Crippen MR) is 64.9 cm³/mol. The third-order valence-corrected chi connectivity index (χ3v) is 3.58. The normalized spacial score (nSPS) is 25.6. The van der Waals surface area contributed by atoms with Gasteiger partial charge < -0.3 is 5.32 Å². The van der Waals surface area contributed by atoms with Gasteiger partial charge in [-0.2, -0.15) is 0 Å². The van der Waals surface area contributed by atoms with E-state index in [0.717, 1.165) is 18.3 Å². The zero-order valence-corrected chi connectivity index (χ0v) is 10.0. The van der Waals surface area contributed by atoms with Crippen LogP contribution in [0.25, 0.3) is 0 Å². The first-order valence-electron chi connectivity index (χ1n) is 6.39. The lowest BCUT2D eigenvalue weighted by Crippen LogP contribution is -2.38. The van der Waals surface area contributed by atoms with Crippen LogP contribution in [0.2, 0.25) is 0 Å². The van der Waals surface area contributed by atoms with Crippen molar-refractivity contribution in [3.63, 3.8) is 0 Å². The van der Waals surface area contributed by atoms with Crippen molar-refractivity contribution in [1.82, 2.24) is 15.3 Å². The van der Waals surface area contributed by atoms with Crippen LogP contribution in [0.1, 0.15) is 44.9 Å². The summed E-state index contributed by atoms with van der Waals surface area (Å²) in [6, 6.07) is 2.53. The molecule has 1 fully saturated rings. The van der Waals surface area contributed by atoms with Crippen LogP contribution in [0.15, 0.2) is 18.5 Å². The van der Waals surface area contributed by atoms with Crippen LogP contribution in [-0.2, 0) is 6.54 Å². The van der Waals surface area contributed by atoms with Gasteiger partial charge in [-0.1, -0.05) is 26.2 Å². The van der Waals surface area contributed by atoms with Gasteiger partial charge in [-0.05, 0) is 24.8 Å². The molecule has 0 radical (unpaired) electrons. The van der Waals surface area contributed by atoms with E-state index in [1.165, 1.54) is 32.1 Å². The monoisotopic (exact) mass is 219 g/mol. The molecule has 2 unspecified atom stereocenters. The van der Waals surface area contributed by atoms with Crippen molar-refractivity contribution in [3.05, 3.63) is 24.3 Å². The van der Waals surface area contributed by atoms with Gasteiger partial charge in [-0.25, -0.2) is 9.97 Å². The van der Waals surface area contributed by atoms with Gasteiger partial charge in [0.05, 0.1) is 6.54 Å². The Kier molecular flexibility index (Phi) is 4.28. The van der Waals surface area contributed by atoms with Gasteiger partial charge in [0.2, 0.25) is 0 Å². The van der Waals surface area contributed by atoms with E-state index >= 15 is 0 Å². The van der Waals surface area contributed by atoms with E-state index < -0.39 is 0 Å². The quantitative estimate of drug-likeness (QED) is 0.845. The molecule has 3 heteroatoms. The number of hydrogen-bond donors (Lipinski definition) is 1. The fourth-order valence-electron chi connectivity index (χ4n) is 2.61. The maximum Gasteiger partial charge on any atom is 0.141 e. The molecule has 0 aromatic carbocycles. The average molecular weight is 219 g/mol. The van der Waals surface area contributed by atoms with Crippen LogP contribution in [-0.4, -0.2) is 16.0 Å². The van der Waals surface area contributed by atoms with E-state index in [2.05, 4.69) is 22.2 Å². The van der Waals surface area contributed by atoms with Crippen molar-refractivity contribution in [3.8, 4) is 0 Å². The van der Waals surface area contributed by atoms with Crippen molar-refractivity contribution >= 4 is 0 Å². The van der Waals surface area contributed by atoms with Crippen molar-refractivity contribution in [2.45, 2.75) is 51.6 Å². The molecule has 0 bridgehead atoms. The first-order chi connectivity index (χ1) is 7.90. The Bertz CT molecular complexity index is 299. The Hall–Kier alpha value is -0.960. The lowest BCUT2D eigenvalue weighted by molar-refractivity contribution is 0.253. The predicted octanol–water partition coefficient (Wildman–Crippen LogP) is 2.54. The molecule has 0 amide bonds. The standard InChI is InChI=1S/C13H21N3/c1-2-11-6-3-4-7-12(11)16-10-13-14-8-5-9-15-13/h5,8-9,11-12,16H,2-4,6-7,10H2,1H3. The summed E-state index contributed by atoms with van der Waals surface area (Å²) in [7, 11) is 0. The SMILES string of the molecule is CCC1CCCCC1NCc1ncccn1. The molecule has 16 heavy (non-hydrogen) atoms. The first-order valence-corrected chi connectivity index (χ1v) is 6.39. The van der Waals surface area contributed by atoms with Crippen LogP contribution < -0.4 is 5.32 Å². The number of hydrogen-bond acceptors (Lipinski definition) is 3. The van der Waals surface area contributed by atoms with E-state index in [9.17, 15) is 0 Å². The van der Waals surface area contributed by atoms with Crippen LogP contribution in [0.5, 0.6) is 0 Å². The molecule has 1 aliphatic carbocycles. The topological polar surface area (TPSA) is 37.8 Å². The second-order valence-electron chi connectivity index (χ2n) is 4.61. The van der Waals surface area contributed by atoms with E-state index in [1.807, 2.05) is 18.5 Å². The van der Waals surface area contributed by atoms with Crippen molar-refractivity contribution in [2.75, 3.05) is 0 Å². The summed E-state index contributed by atoms with van der Waals surface area (Å²) in [5, 5.41) is 3.61. The zero-order chi connectivity index (χ0) is 11.2. The molecular weight excluding hydrogens is 198 g/mol. The fourth-order valence-corrected chi connectivity index (χ4v) is 2.61. The maximum atomic E-state index is 4.24. The Labute approximate surface area is 97.7 Å². The fraction of sp³-hybridized carbons (Fsp3) is 0.692. The summed E-state index contributed by atoms with van der Waals surface area (Å²) >= 11 is 0. The summed E-state index contributed by atoms with van der Waals surface area (Å²) < 4.78 is 0. The van der Waals surface area contributed by atoms with Crippen LogP contribution in [0.3, 0.4) is 0 Å². The minimum Gasteiger partial charge on any atom is -0.307 e. The summed E-state index contributed by atoms with van der Waals surface area (Å²) in [6.07, 6.45) is 10.4. The zero-order valence-electron chi connectivity index (χ0n) is 10.0. The molecule has 3 nitrogen and oxygen atoms in total. The lowest BCUT2D eigenvalue weighted by Gasteiger charge is -2.31. The summed E-state index contributed by atoms with van der Waals surface area (Å²) in [5.41, 5.74) is 0. The van der Waals surface area contributed by atoms with Crippen molar-refractivity contribution in [1.29, 1.82) is 0 Å². The molecule has 1 heterocycles. The highest BCUT2D eigenvalue weighted by Crippen LogP contribution is 2.26. The third-order valence-electron chi connectivity index (χ3n) is 3.58. The Morgan fingerprint density at radius 1 is 1.25 bits per heavy atom. The molecule has 1 aromatic heterocycles.